The molecule has 2 N–H and O–H groups in total. The number of benzene rings is 2. The minimum Gasteiger partial charge on any atom is -0.489 e. The monoisotopic (exact) mass is 345 g/mol. The van der Waals surface area contributed by atoms with Gasteiger partial charge < -0.3 is 20.3 Å². The van der Waals surface area contributed by atoms with Crippen LogP contribution in [0.25, 0.3) is 0 Å². The average molecular weight is 345 g/mol. The van der Waals surface area contributed by atoms with Crippen LogP contribution in [0.2, 0.25) is 0 Å². The Bertz CT molecular complexity index is 860. The van der Waals surface area contributed by atoms with Gasteiger partial charge in [0, 0.05) is 30.7 Å². The van der Waals surface area contributed by atoms with Crippen molar-refractivity contribution < 1.29 is 9.47 Å². The number of nitrogens with one attached hydrogen (secondary N) is 2. The molecule has 5 heteroatoms. The molecule has 0 atom stereocenters. The standard InChI is InChI=1S/C21H19N3O2/c22-12-9-21(23)17-1-3-19(4-2-17)26-20-7-5-18(6-8-20)25-15-16-10-13-24-14-11-16/h1-8,10-14,22-23H,9,15H2. The van der Waals surface area contributed by atoms with Crippen molar-refractivity contribution in [3.63, 3.8) is 0 Å². The first-order chi connectivity index (χ1) is 12.7. The van der Waals surface area contributed by atoms with E-state index in [9.17, 15) is 0 Å². The van der Waals surface area contributed by atoms with Gasteiger partial charge in [-0.05, 0) is 71.8 Å². The van der Waals surface area contributed by atoms with Crippen LogP contribution < -0.4 is 9.47 Å². The zero-order valence-electron chi connectivity index (χ0n) is 14.2. The Morgan fingerprint density at radius 2 is 1.42 bits per heavy atom. The van der Waals surface area contributed by atoms with Crippen molar-refractivity contribution in [1.82, 2.24) is 4.98 Å². The SMILES string of the molecule is N=CCC(=N)c1ccc(Oc2ccc(OCc3ccncc3)cc2)cc1. The first-order valence-corrected chi connectivity index (χ1v) is 8.21. The fourth-order valence-electron chi connectivity index (χ4n) is 2.33. The summed E-state index contributed by atoms with van der Waals surface area (Å²) in [6, 6.07) is 18.6. The molecule has 0 aliphatic rings. The first-order valence-electron chi connectivity index (χ1n) is 8.21. The van der Waals surface area contributed by atoms with Crippen LogP contribution in [0, 0.1) is 10.8 Å². The lowest BCUT2D eigenvalue weighted by molar-refractivity contribution is 0.305. The maximum atomic E-state index is 7.84. The summed E-state index contributed by atoms with van der Waals surface area (Å²) in [5.41, 5.74) is 2.27. The molecule has 130 valence electrons. The first kappa shape index (κ1) is 17.4. The molecule has 3 aromatic rings. The maximum absolute atomic E-state index is 7.84. The Labute approximate surface area is 152 Å². The summed E-state index contributed by atoms with van der Waals surface area (Å²) in [7, 11) is 0. The number of ether oxygens (including phenoxy) is 2. The van der Waals surface area contributed by atoms with Gasteiger partial charge >= 0.3 is 0 Å². The third kappa shape index (κ3) is 4.77. The summed E-state index contributed by atoms with van der Waals surface area (Å²) in [5, 5.41) is 14.9. The Hall–Kier alpha value is -3.47. The van der Waals surface area contributed by atoms with E-state index in [1.807, 2.05) is 60.7 Å². The second-order valence-electron chi connectivity index (χ2n) is 5.63. The van der Waals surface area contributed by atoms with Crippen LogP contribution in [-0.2, 0) is 6.61 Å². The number of pyridine rings is 1. The Morgan fingerprint density at radius 3 is 2.04 bits per heavy atom. The molecule has 5 nitrogen and oxygen atoms in total. The highest BCUT2D eigenvalue weighted by Gasteiger charge is 2.03. The fraction of sp³-hybridized carbons (Fsp3) is 0.0952. The van der Waals surface area contributed by atoms with Gasteiger partial charge in [0.1, 0.15) is 23.9 Å². The predicted octanol–water partition coefficient (Wildman–Crippen LogP) is 4.86. The van der Waals surface area contributed by atoms with Crippen LogP contribution in [-0.4, -0.2) is 16.9 Å². The van der Waals surface area contributed by atoms with E-state index in [0.29, 0.717) is 30.2 Å². The molecule has 0 aliphatic carbocycles. The van der Waals surface area contributed by atoms with Crippen LogP contribution in [0.1, 0.15) is 17.5 Å². The second-order valence-corrected chi connectivity index (χ2v) is 5.63. The molecule has 1 aromatic heterocycles. The molecular formula is C21H19N3O2. The maximum Gasteiger partial charge on any atom is 0.127 e. The minimum absolute atomic E-state index is 0.334. The van der Waals surface area contributed by atoms with E-state index in [2.05, 4.69) is 4.98 Å². The summed E-state index contributed by atoms with van der Waals surface area (Å²) in [6.45, 7) is 0.492. The normalized spacial score (nSPS) is 10.2. The second kappa shape index (κ2) is 8.58. The summed E-state index contributed by atoms with van der Waals surface area (Å²) >= 11 is 0. The smallest absolute Gasteiger partial charge is 0.127 e. The van der Waals surface area contributed by atoms with Crippen LogP contribution in [0.3, 0.4) is 0 Å². The highest BCUT2D eigenvalue weighted by molar-refractivity contribution is 6.04. The van der Waals surface area contributed by atoms with Crippen molar-refractivity contribution in [3.8, 4) is 17.2 Å². The van der Waals surface area contributed by atoms with Crippen molar-refractivity contribution in [2.45, 2.75) is 13.0 Å². The zero-order valence-corrected chi connectivity index (χ0v) is 14.2. The van der Waals surface area contributed by atoms with Gasteiger partial charge in [-0.15, -0.1) is 0 Å². The molecule has 0 bridgehead atoms. The van der Waals surface area contributed by atoms with Gasteiger partial charge in [0.15, 0.2) is 0 Å². The van der Waals surface area contributed by atoms with Crippen molar-refractivity contribution in [3.05, 3.63) is 84.2 Å². The van der Waals surface area contributed by atoms with Gasteiger partial charge in [0.05, 0.1) is 0 Å². The van der Waals surface area contributed by atoms with E-state index in [1.54, 1.807) is 12.4 Å². The molecule has 1 heterocycles. The van der Waals surface area contributed by atoms with Gasteiger partial charge in [-0.1, -0.05) is 0 Å². The van der Waals surface area contributed by atoms with Crippen molar-refractivity contribution in [1.29, 1.82) is 10.8 Å². The molecule has 0 saturated heterocycles. The van der Waals surface area contributed by atoms with Gasteiger partial charge in [-0.2, -0.15) is 0 Å². The molecule has 0 saturated carbocycles. The molecule has 0 spiro atoms. The molecule has 3 rings (SSSR count). The number of nitrogens with zero attached hydrogens (tertiary/aromatic N) is 1. The lowest BCUT2D eigenvalue weighted by atomic mass is 10.1. The molecule has 0 aliphatic heterocycles. The van der Waals surface area contributed by atoms with E-state index < -0.39 is 0 Å². The predicted molar refractivity (Wildman–Crippen MR) is 102 cm³/mol. The Balaban J connectivity index is 1.57. The van der Waals surface area contributed by atoms with Crippen LogP contribution in [0.4, 0.5) is 0 Å². The van der Waals surface area contributed by atoms with Crippen molar-refractivity contribution in [2.24, 2.45) is 0 Å². The molecule has 0 unspecified atom stereocenters. The summed E-state index contributed by atoms with van der Waals surface area (Å²) in [4.78, 5) is 3.98. The molecule has 0 radical (unpaired) electrons. The van der Waals surface area contributed by atoms with E-state index >= 15 is 0 Å². The zero-order chi connectivity index (χ0) is 18.2. The lowest BCUT2D eigenvalue weighted by Crippen LogP contribution is -1.98. The fourth-order valence-corrected chi connectivity index (χ4v) is 2.33. The number of hydrogen-bond donors (Lipinski definition) is 2. The highest BCUT2D eigenvalue weighted by atomic mass is 16.5. The van der Waals surface area contributed by atoms with E-state index in [0.717, 1.165) is 16.9 Å². The van der Waals surface area contributed by atoms with Gasteiger partial charge in [0.25, 0.3) is 0 Å². The number of aromatic nitrogens is 1. The van der Waals surface area contributed by atoms with E-state index in [1.165, 1.54) is 6.21 Å². The molecule has 0 amide bonds. The summed E-state index contributed by atoms with van der Waals surface area (Å²) in [6.07, 6.45) is 5.05. The Morgan fingerprint density at radius 1 is 0.846 bits per heavy atom. The highest BCUT2D eigenvalue weighted by Crippen LogP contribution is 2.24. The summed E-state index contributed by atoms with van der Waals surface area (Å²) in [5.74, 6) is 2.18. The Kier molecular flexibility index (Phi) is 5.72. The van der Waals surface area contributed by atoms with E-state index in [4.69, 9.17) is 20.3 Å². The minimum atomic E-state index is 0.334. The van der Waals surface area contributed by atoms with Gasteiger partial charge in [-0.3, -0.25) is 4.98 Å². The third-order valence-electron chi connectivity index (χ3n) is 3.72. The molecular weight excluding hydrogens is 326 g/mol. The summed E-state index contributed by atoms with van der Waals surface area (Å²) < 4.78 is 11.5. The third-order valence-corrected chi connectivity index (χ3v) is 3.72. The van der Waals surface area contributed by atoms with Crippen molar-refractivity contribution in [2.75, 3.05) is 0 Å². The van der Waals surface area contributed by atoms with Gasteiger partial charge in [0.2, 0.25) is 0 Å². The average Bonchev–Trinajstić information content (AvgIpc) is 2.69. The van der Waals surface area contributed by atoms with Crippen LogP contribution in [0.15, 0.2) is 73.1 Å². The van der Waals surface area contributed by atoms with Crippen LogP contribution >= 0.6 is 0 Å². The largest absolute Gasteiger partial charge is 0.489 e. The van der Waals surface area contributed by atoms with Crippen molar-refractivity contribution >= 4 is 11.9 Å². The molecule has 2 aromatic carbocycles. The number of rotatable bonds is 8. The van der Waals surface area contributed by atoms with Crippen LogP contribution in [0.5, 0.6) is 17.2 Å². The quantitative estimate of drug-likeness (QED) is 0.572. The topological polar surface area (TPSA) is 79.1 Å². The molecule has 26 heavy (non-hydrogen) atoms. The lowest BCUT2D eigenvalue weighted by Gasteiger charge is -2.09. The van der Waals surface area contributed by atoms with E-state index in [-0.39, 0.29) is 0 Å². The molecule has 0 fully saturated rings. The van der Waals surface area contributed by atoms with Gasteiger partial charge in [-0.25, -0.2) is 0 Å². The number of hydrogen-bond acceptors (Lipinski definition) is 5.